The lowest BCUT2D eigenvalue weighted by molar-refractivity contribution is -0.134. The highest BCUT2D eigenvalue weighted by molar-refractivity contribution is 6.18. The average molecular weight is 190 g/mol. The molecule has 1 heterocycles. The number of rotatable bonds is 1. The first-order chi connectivity index (χ1) is 6.68. The first-order valence-corrected chi connectivity index (χ1v) is 4.35. The molecule has 1 aliphatic rings. The van der Waals surface area contributed by atoms with Crippen molar-refractivity contribution in [2.45, 2.75) is 6.92 Å². The van der Waals surface area contributed by atoms with Crippen molar-refractivity contribution in [3.63, 3.8) is 0 Å². The van der Waals surface area contributed by atoms with Gasteiger partial charge in [0.25, 0.3) is 0 Å². The van der Waals surface area contributed by atoms with Gasteiger partial charge >= 0.3 is 5.97 Å². The van der Waals surface area contributed by atoms with Crippen molar-refractivity contribution in [2.75, 3.05) is 6.61 Å². The number of ether oxygens (including phenoxy) is 1. The molecule has 0 aliphatic carbocycles. The number of benzene rings is 1. The number of carbonyl (C=O) groups excluding carboxylic acids is 1. The van der Waals surface area contributed by atoms with Gasteiger partial charge in [0.1, 0.15) is 17.9 Å². The molecule has 0 radical (unpaired) electrons. The van der Waals surface area contributed by atoms with Crippen LogP contribution in [0.15, 0.2) is 30.0 Å². The number of aliphatic hydroxyl groups excluding tert-OH is 1. The lowest BCUT2D eigenvalue weighted by Crippen LogP contribution is -1.98. The zero-order valence-electron chi connectivity index (χ0n) is 7.78. The molecule has 0 bridgehead atoms. The summed E-state index contributed by atoms with van der Waals surface area (Å²) in [5.74, 6) is -0.440. The number of hydrogen-bond donors (Lipinski definition) is 1. The van der Waals surface area contributed by atoms with Crippen molar-refractivity contribution in [2.24, 2.45) is 0 Å². The molecular weight excluding hydrogens is 180 g/mol. The maximum atomic E-state index is 11.2. The smallest absolute Gasteiger partial charge is 0.342 e. The van der Waals surface area contributed by atoms with Gasteiger partial charge in [-0.25, -0.2) is 4.79 Å². The van der Waals surface area contributed by atoms with E-state index in [0.717, 1.165) is 5.56 Å². The molecule has 14 heavy (non-hydrogen) atoms. The fourth-order valence-electron chi connectivity index (χ4n) is 1.40. The molecule has 1 aliphatic heterocycles. The Labute approximate surface area is 81.6 Å². The van der Waals surface area contributed by atoms with E-state index < -0.39 is 5.97 Å². The van der Waals surface area contributed by atoms with Gasteiger partial charge in [0.15, 0.2) is 0 Å². The van der Waals surface area contributed by atoms with Crippen LogP contribution < -0.4 is 0 Å². The molecule has 0 atom stereocenters. The van der Waals surface area contributed by atoms with Crippen LogP contribution in [0.2, 0.25) is 0 Å². The van der Waals surface area contributed by atoms with Crippen molar-refractivity contribution in [1.29, 1.82) is 0 Å². The number of carbonyl (C=O) groups is 1. The van der Waals surface area contributed by atoms with Crippen LogP contribution in [0.4, 0.5) is 0 Å². The van der Waals surface area contributed by atoms with E-state index in [1.807, 2.05) is 19.1 Å². The van der Waals surface area contributed by atoms with Crippen LogP contribution in [0.3, 0.4) is 0 Å². The minimum Gasteiger partial charge on any atom is -0.508 e. The number of hydrogen-bond acceptors (Lipinski definition) is 3. The summed E-state index contributed by atoms with van der Waals surface area (Å²) in [5.41, 5.74) is 2.10. The van der Waals surface area contributed by atoms with E-state index in [4.69, 9.17) is 4.74 Å². The Balaban J connectivity index is 2.44. The number of cyclic esters (lactones) is 1. The predicted octanol–water partition coefficient (Wildman–Crippen LogP) is 1.82. The SMILES string of the molecule is Cc1ccc(C2=C(O)COC2=O)cc1. The Morgan fingerprint density at radius 3 is 2.43 bits per heavy atom. The molecule has 3 nitrogen and oxygen atoms in total. The molecular formula is C11H10O3. The molecule has 1 aromatic rings. The van der Waals surface area contributed by atoms with Crippen LogP contribution in [-0.4, -0.2) is 17.7 Å². The highest BCUT2D eigenvalue weighted by Gasteiger charge is 2.25. The first-order valence-electron chi connectivity index (χ1n) is 4.35. The van der Waals surface area contributed by atoms with Crippen LogP contribution in [0.1, 0.15) is 11.1 Å². The van der Waals surface area contributed by atoms with Crippen LogP contribution >= 0.6 is 0 Å². The summed E-state index contributed by atoms with van der Waals surface area (Å²) in [4.78, 5) is 11.2. The molecule has 2 rings (SSSR count). The standard InChI is InChI=1S/C11H10O3/c1-7-2-4-8(5-3-7)10-9(12)6-14-11(10)13/h2-5,12H,6H2,1H3. The van der Waals surface area contributed by atoms with Crippen molar-refractivity contribution in [3.8, 4) is 0 Å². The Morgan fingerprint density at radius 2 is 1.93 bits per heavy atom. The van der Waals surface area contributed by atoms with Gasteiger partial charge in [-0.05, 0) is 12.5 Å². The Hall–Kier alpha value is -1.77. The third-order valence-electron chi connectivity index (χ3n) is 2.17. The van der Waals surface area contributed by atoms with Gasteiger partial charge < -0.3 is 9.84 Å². The molecule has 72 valence electrons. The third-order valence-corrected chi connectivity index (χ3v) is 2.17. The monoisotopic (exact) mass is 190 g/mol. The molecule has 1 N–H and O–H groups in total. The fourth-order valence-corrected chi connectivity index (χ4v) is 1.40. The molecule has 0 aromatic heterocycles. The maximum absolute atomic E-state index is 11.2. The van der Waals surface area contributed by atoms with E-state index >= 15 is 0 Å². The molecule has 0 saturated heterocycles. The van der Waals surface area contributed by atoms with E-state index in [9.17, 15) is 9.90 Å². The van der Waals surface area contributed by atoms with Crippen LogP contribution in [0.25, 0.3) is 5.57 Å². The lowest BCUT2D eigenvalue weighted by Gasteiger charge is -2.00. The summed E-state index contributed by atoms with van der Waals surface area (Å²) in [6.07, 6.45) is 0. The quantitative estimate of drug-likeness (QED) is 0.687. The minimum absolute atomic E-state index is 0.0119. The second-order valence-electron chi connectivity index (χ2n) is 3.26. The van der Waals surface area contributed by atoms with Gasteiger partial charge in [0, 0.05) is 0 Å². The zero-order chi connectivity index (χ0) is 10.1. The highest BCUT2D eigenvalue weighted by atomic mass is 16.5. The van der Waals surface area contributed by atoms with Crippen molar-refractivity contribution in [3.05, 3.63) is 41.2 Å². The number of aliphatic hydroxyl groups is 1. The topological polar surface area (TPSA) is 46.5 Å². The van der Waals surface area contributed by atoms with Crippen LogP contribution in [-0.2, 0) is 9.53 Å². The lowest BCUT2D eigenvalue weighted by atomic mass is 10.0. The molecule has 0 spiro atoms. The summed E-state index contributed by atoms with van der Waals surface area (Å²) >= 11 is 0. The van der Waals surface area contributed by atoms with Crippen molar-refractivity contribution in [1.82, 2.24) is 0 Å². The van der Waals surface area contributed by atoms with Crippen LogP contribution in [0, 0.1) is 6.92 Å². The minimum atomic E-state index is -0.452. The summed E-state index contributed by atoms with van der Waals surface area (Å²) < 4.78 is 4.70. The third kappa shape index (κ3) is 1.37. The molecule has 1 aromatic carbocycles. The second-order valence-corrected chi connectivity index (χ2v) is 3.26. The van der Waals surface area contributed by atoms with Gasteiger partial charge in [-0.2, -0.15) is 0 Å². The average Bonchev–Trinajstić information content (AvgIpc) is 2.49. The van der Waals surface area contributed by atoms with E-state index in [1.165, 1.54) is 0 Å². The van der Waals surface area contributed by atoms with E-state index in [0.29, 0.717) is 5.56 Å². The summed E-state index contributed by atoms with van der Waals surface area (Å²) in [5, 5.41) is 9.42. The molecule has 3 heteroatoms. The Bertz CT molecular complexity index is 401. The second kappa shape index (κ2) is 3.18. The van der Waals surface area contributed by atoms with Crippen molar-refractivity contribution < 1.29 is 14.6 Å². The van der Waals surface area contributed by atoms with Crippen LogP contribution in [0.5, 0.6) is 0 Å². The summed E-state index contributed by atoms with van der Waals surface area (Å²) in [7, 11) is 0. The van der Waals surface area contributed by atoms with Crippen molar-refractivity contribution >= 4 is 11.5 Å². The van der Waals surface area contributed by atoms with Gasteiger partial charge in [-0.1, -0.05) is 29.8 Å². The molecule has 0 fully saturated rings. The predicted molar refractivity (Wildman–Crippen MR) is 51.7 cm³/mol. The van der Waals surface area contributed by atoms with E-state index in [2.05, 4.69) is 0 Å². The molecule has 0 amide bonds. The maximum Gasteiger partial charge on any atom is 0.342 e. The van der Waals surface area contributed by atoms with Gasteiger partial charge in [0.05, 0.1) is 0 Å². The normalized spacial score (nSPS) is 15.9. The van der Waals surface area contributed by atoms with Gasteiger partial charge in [-0.3, -0.25) is 0 Å². The van der Waals surface area contributed by atoms with E-state index in [-0.39, 0.29) is 17.9 Å². The van der Waals surface area contributed by atoms with Gasteiger partial charge in [-0.15, -0.1) is 0 Å². The van der Waals surface area contributed by atoms with E-state index in [1.54, 1.807) is 12.1 Å². The number of aryl methyl sites for hydroxylation is 1. The summed E-state index contributed by atoms with van der Waals surface area (Å²) in [6, 6.07) is 7.38. The highest BCUT2D eigenvalue weighted by Crippen LogP contribution is 2.24. The molecule has 0 saturated carbocycles. The Kier molecular flexibility index (Phi) is 2.00. The van der Waals surface area contributed by atoms with Gasteiger partial charge in [0.2, 0.25) is 0 Å². The first kappa shape index (κ1) is 8.81. The zero-order valence-corrected chi connectivity index (χ0v) is 7.78. The molecule has 0 unspecified atom stereocenters. The summed E-state index contributed by atoms with van der Waals surface area (Å²) in [6.45, 7) is 1.95. The number of esters is 1. The largest absolute Gasteiger partial charge is 0.508 e. The Morgan fingerprint density at radius 1 is 1.29 bits per heavy atom. The fraction of sp³-hybridized carbons (Fsp3) is 0.182.